The standard InChI is InChI=1S/C18H30OSi/c1-7-20(19,8-2)14-9-10-15-16(13-14)18(5,6)12-11-17(15,3)4/h9-10,13,19H,7-8,11-12H2,1-6H3. The molecule has 0 heterocycles. The van der Waals surface area contributed by atoms with E-state index in [-0.39, 0.29) is 10.8 Å². The lowest BCUT2D eigenvalue weighted by Gasteiger charge is -2.42. The third kappa shape index (κ3) is 2.48. The Labute approximate surface area is 125 Å². The molecule has 1 N–H and O–H groups in total. The second kappa shape index (κ2) is 4.99. The van der Waals surface area contributed by atoms with Crippen LogP contribution >= 0.6 is 0 Å². The highest BCUT2D eigenvalue weighted by Crippen LogP contribution is 2.45. The van der Waals surface area contributed by atoms with E-state index in [4.69, 9.17) is 0 Å². The largest absolute Gasteiger partial charge is 0.427 e. The minimum Gasteiger partial charge on any atom is -0.427 e. The van der Waals surface area contributed by atoms with Crippen molar-refractivity contribution in [2.75, 3.05) is 0 Å². The number of hydrogen-bond donors (Lipinski definition) is 1. The predicted molar refractivity (Wildman–Crippen MR) is 90.3 cm³/mol. The van der Waals surface area contributed by atoms with Crippen LogP contribution in [0.15, 0.2) is 18.2 Å². The van der Waals surface area contributed by atoms with E-state index in [0.29, 0.717) is 0 Å². The van der Waals surface area contributed by atoms with Crippen molar-refractivity contribution >= 4 is 13.5 Å². The third-order valence-corrected chi connectivity index (χ3v) is 9.29. The van der Waals surface area contributed by atoms with E-state index >= 15 is 0 Å². The second-order valence-corrected chi connectivity index (χ2v) is 11.8. The summed E-state index contributed by atoms with van der Waals surface area (Å²) in [7, 11) is -2.24. The molecule has 0 unspecified atom stereocenters. The van der Waals surface area contributed by atoms with Gasteiger partial charge in [-0.1, -0.05) is 59.7 Å². The summed E-state index contributed by atoms with van der Waals surface area (Å²) in [5.74, 6) is 0. The molecule has 0 saturated carbocycles. The molecule has 0 bridgehead atoms. The van der Waals surface area contributed by atoms with Crippen LogP contribution in [0.5, 0.6) is 0 Å². The highest BCUT2D eigenvalue weighted by Gasteiger charge is 2.38. The van der Waals surface area contributed by atoms with Gasteiger partial charge in [-0.15, -0.1) is 0 Å². The summed E-state index contributed by atoms with van der Waals surface area (Å²) >= 11 is 0. The van der Waals surface area contributed by atoms with Crippen molar-refractivity contribution in [3.05, 3.63) is 29.3 Å². The molecule has 2 heteroatoms. The lowest BCUT2D eigenvalue weighted by molar-refractivity contribution is 0.332. The summed E-state index contributed by atoms with van der Waals surface area (Å²) in [5, 5.41) is 1.23. The first-order chi connectivity index (χ1) is 9.16. The Morgan fingerprint density at radius 2 is 1.45 bits per heavy atom. The van der Waals surface area contributed by atoms with E-state index in [1.165, 1.54) is 29.2 Å². The lowest BCUT2D eigenvalue weighted by atomic mass is 9.63. The van der Waals surface area contributed by atoms with Crippen LogP contribution in [0.2, 0.25) is 12.1 Å². The summed E-state index contributed by atoms with van der Waals surface area (Å²) in [4.78, 5) is 10.9. The molecule has 1 aromatic rings. The Hall–Kier alpha value is -0.603. The Kier molecular flexibility index (Phi) is 3.94. The highest BCUT2D eigenvalue weighted by atomic mass is 28.4. The zero-order valence-corrected chi connectivity index (χ0v) is 15.0. The van der Waals surface area contributed by atoms with Gasteiger partial charge in [-0.05, 0) is 52.1 Å². The van der Waals surface area contributed by atoms with Gasteiger partial charge >= 0.3 is 0 Å². The minimum absolute atomic E-state index is 0.234. The molecule has 1 aromatic carbocycles. The van der Waals surface area contributed by atoms with Gasteiger partial charge in [-0.25, -0.2) is 0 Å². The van der Waals surface area contributed by atoms with E-state index in [0.717, 1.165) is 12.1 Å². The summed E-state index contributed by atoms with van der Waals surface area (Å²) in [5.41, 5.74) is 3.46. The fraction of sp³-hybridized carbons (Fsp3) is 0.667. The van der Waals surface area contributed by atoms with Gasteiger partial charge in [0, 0.05) is 0 Å². The molecule has 0 spiro atoms. The van der Waals surface area contributed by atoms with Crippen LogP contribution in [0.3, 0.4) is 0 Å². The van der Waals surface area contributed by atoms with Gasteiger partial charge < -0.3 is 4.80 Å². The zero-order chi connectivity index (χ0) is 15.2. The monoisotopic (exact) mass is 290 g/mol. The first-order valence-corrected chi connectivity index (χ1v) is 10.4. The Bertz CT molecular complexity index is 498. The van der Waals surface area contributed by atoms with Crippen molar-refractivity contribution in [2.24, 2.45) is 0 Å². The van der Waals surface area contributed by atoms with Crippen molar-refractivity contribution in [3.8, 4) is 0 Å². The fourth-order valence-corrected chi connectivity index (χ4v) is 5.66. The van der Waals surface area contributed by atoms with Gasteiger partial charge in [0.05, 0.1) is 0 Å². The number of benzene rings is 1. The zero-order valence-electron chi connectivity index (χ0n) is 14.0. The molecule has 1 nitrogen and oxygen atoms in total. The predicted octanol–water partition coefficient (Wildman–Crippen LogP) is 4.22. The molecule has 2 rings (SSSR count). The average Bonchev–Trinajstić information content (AvgIpc) is 2.43. The van der Waals surface area contributed by atoms with Crippen LogP contribution in [0.25, 0.3) is 0 Å². The van der Waals surface area contributed by atoms with Gasteiger partial charge in [-0.3, -0.25) is 0 Å². The van der Waals surface area contributed by atoms with E-state index < -0.39 is 8.32 Å². The number of hydrogen-bond acceptors (Lipinski definition) is 1. The van der Waals surface area contributed by atoms with E-state index in [2.05, 4.69) is 59.7 Å². The van der Waals surface area contributed by atoms with Gasteiger partial charge in [-0.2, -0.15) is 0 Å². The van der Waals surface area contributed by atoms with E-state index in [9.17, 15) is 4.80 Å². The van der Waals surface area contributed by atoms with Crippen molar-refractivity contribution in [1.29, 1.82) is 0 Å². The summed E-state index contributed by atoms with van der Waals surface area (Å²) in [6, 6.07) is 8.67. The molecule has 0 saturated heterocycles. The highest BCUT2D eigenvalue weighted by molar-refractivity contribution is 6.85. The number of fused-ring (bicyclic) bond motifs is 1. The lowest BCUT2D eigenvalue weighted by Crippen LogP contribution is -2.48. The Morgan fingerprint density at radius 3 is 1.95 bits per heavy atom. The van der Waals surface area contributed by atoms with Gasteiger partial charge in [0.2, 0.25) is 8.32 Å². The van der Waals surface area contributed by atoms with Crippen LogP contribution in [0.1, 0.15) is 65.5 Å². The molecular weight excluding hydrogens is 260 g/mol. The van der Waals surface area contributed by atoms with Crippen LogP contribution in [0, 0.1) is 0 Å². The molecule has 0 amide bonds. The van der Waals surface area contributed by atoms with Crippen molar-refractivity contribution in [2.45, 2.75) is 77.3 Å². The van der Waals surface area contributed by atoms with E-state index in [1.54, 1.807) is 0 Å². The van der Waals surface area contributed by atoms with Crippen LogP contribution in [-0.4, -0.2) is 13.1 Å². The Morgan fingerprint density at radius 1 is 0.950 bits per heavy atom. The molecule has 1 aliphatic carbocycles. The molecule has 112 valence electrons. The molecule has 1 aliphatic rings. The van der Waals surface area contributed by atoms with Gasteiger partial charge in [0.25, 0.3) is 0 Å². The maximum absolute atomic E-state index is 10.9. The topological polar surface area (TPSA) is 20.2 Å². The van der Waals surface area contributed by atoms with Crippen molar-refractivity contribution < 1.29 is 4.80 Å². The summed E-state index contributed by atoms with van der Waals surface area (Å²) < 4.78 is 0. The Balaban J connectivity index is 2.60. The first kappa shape index (κ1) is 15.8. The minimum atomic E-state index is -2.24. The molecule has 0 aliphatic heterocycles. The average molecular weight is 291 g/mol. The fourth-order valence-electron chi connectivity index (χ4n) is 3.54. The van der Waals surface area contributed by atoms with Crippen molar-refractivity contribution in [1.82, 2.24) is 0 Å². The molecule has 0 radical (unpaired) electrons. The van der Waals surface area contributed by atoms with Crippen LogP contribution < -0.4 is 5.19 Å². The third-order valence-electron chi connectivity index (χ3n) is 5.56. The smallest absolute Gasteiger partial charge is 0.219 e. The molecule has 0 atom stereocenters. The second-order valence-electron chi connectivity index (χ2n) is 7.77. The molecular formula is C18H30OSi. The molecule has 0 fully saturated rings. The summed E-state index contributed by atoms with van der Waals surface area (Å²) in [6.45, 7) is 13.7. The number of rotatable bonds is 3. The molecule has 20 heavy (non-hydrogen) atoms. The normalized spacial score (nSPS) is 20.6. The quantitative estimate of drug-likeness (QED) is 0.826. The van der Waals surface area contributed by atoms with Crippen molar-refractivity contribution in [3.63, 3.8) is 0 Å². The SMILES string of the molecule is CC[Si](O)(CC)c1ccc2c(c1)C(C)(C)CCC2(C)C. The van der Waals surface area contributed by atoms with Crippen LogP contribution in [0.4, 0.5) is 0 Å². The molecule has 0 aromatic heterocycles. The summed E-state index contributed by atoms with van der Waals surface area (Å²) in [6.07, 6.45) is 2.48. The van der Waals surface area contributed by atoms with Gasteiger partial charge in [0.15, 0.2) is 0 Å². The maximum atomic E-state index is 10.9. The maximum Gasteiger partial charge on any atom is 0.219 e. The van der Waals surface area contributed by atoms with E-state index in [1.807, 2.05) is 0 Å². The first-order valence-electron chi connectivity index (χ1n) is 8.04. The van der Waals surface area contributed by atoms with Gasteiger partial charge in [0.1, 0.15) is 0 Å². The van der Waals surface area contributed by atoms with Crippen LogP contribution in [-0.2, 0) is 10.8 Å².